The van der Waals surface area contributed by atoms with Crippen LogP contribution in [0.15, 0.2) is 0 Å². The lowest BCUT2D eigenvalue weighted by Crippen LogP contribution is -2.29. The Morgan fingerprint density at radius 3 is 2.26 bits per heavy atom. The molecule has 0 aromatic carbocycles. The van der Waals surface area contributed by atoms with E-state index < -0.39 is 32.5 Å². The number of hydrogen-bond donors (Lipinski definition) is 2. The predicted molar refractivity (Wildman–Crippen MR) is 99.9 cm³/mol. The Morgan fingerprint density at radius 2 is 1.63 bits per heavy atom. The van der Waals surface area contributed by atoms with Gasteiger partial charge in [0.1, 0.15) is 6.61 Å². The van der Waals surface area contributed by atoms with Crippen molar-refractivity contribution in [3.05, 3.63) is 0 Å². The smallest absolute Gasteiger partial charge is 0.462 e. The summed E-state index contributed by atoms with van der Waals surface area (Å²) in [5.74, 6) is -0.896. The van der Waals surface area contributed by atoms with Crippen molar-refractivity contribution >= 4 is 19.8 Å². The van der Waals surface area contributed by atoms with Crippen LogP contribution in [0.25, 0.3) is 0 Å². The highest BCUT2D eigenvalue weighted by Gasteiger charge is 2.25. The molecule has 0 aliphatic carbocycles. The highest BCUT2D eigenvalue weighted by molar-refractivity contribution is 7.47. The molecule has 0 aliphatic heterocycles. The van der Waals surface area contributed by atoms with Gasteiger partial charge in [-0.3, -0.25) is 18.6 Å². The van der Waals surface area contributed by atoms with Gasteiger partial charge in [0.15, 0.2) is 6.10 Å². The molecule has 2 atom stereocenters. The minimum absolute atomic E-state index is 0.0547. The molecule has 0 amide bonds. The minimum atomic E-state index is -4.31. The maximum atomic E-state index is 11.9. The molecule has 0 saturated heterocycles. The highest BCUT2D eigenvalue weighted by Crippen LogP contribution is 2.43. The standard InChI is InChI=1S/C17H34NO8P/c1-3-5-7-8-10-17(20)26-15(13-23-16(19)9-6-4-2)14-25-27(21,22)24-12-11-18/h15H,3-14,18H2,1-2H3,(H,21,22)/t15-/m1/s1. The van der Waals surface area contributed by atoms with Crippen LogP contribution < -0.4 is 5.73 Å². The van der Waals surface area contributed by atoms with Gasteiger partial charge in [-0.2, -0.15) is 0 Å². The summed E-state index contributed by atoms with van der Waals surface area (Å²) in [5.41, 5.74) is 5.21. The molecule has 3 N–H and O–H groups in total. The lowest BCUT2D eigenvalue weighted by molar-refractivity contribution is -0.161. The summed E-state index contributed by atoms with van der Waals surface area (Å²) in [6.45, 7) is 3.24. The van der Waals surface area contributed by atoms with Crippen LogP contribution in [0.2, 0.25) is 0 Å². The maximum Gasteiger partial charge on any atom is 0.472 e. The fraction of sp³-hybridized carbons (Fsp3) is 0.882. The second-order valence-electron chi connectivity index (χ2n) is 6.10. The van der Waals surface area contributed by atoms with Gasteiger partial charge >= 0.3 is 19.8 Å². The van der Waals surface area contributed by atoms with E-state index in [9.17, 15) is 19.0 Å². The molecule has 0 aromatic rings. The quantitative estimate of drug-likeness (QED) is 0.210. The summed E-state index contributed by atoms with van der Waals surface area (Å²) in [4.78, 5) is 33.1. The Bertz CT molecular complexity index is 460. The molecule has 160 valence electrons. The lowest BCUT2D eigenvalue weighted by atomic mass is 10.1. The molecular formula is C17H34NO8P. The van der Waals surface area contributed by atoms with Gasteiger partial charge in [-0.05, 0) is 12.8 Å². The molecule has 0 spiro atoms. The number of ether oxygens (including phenoxy) is 2. The third-order valence-electron chi connectivity index (χ3n) is 3.49. The molecule has 0 heterocycles. The second kappa shape index (κ2) is 16.0. The van der Waals surface area contributed by atoms with Crippen LogP contribution in [0, 0.1) is 0 Å². The van der Waals surface area contributed by atoms with Crippen molar-refractivity contribution in [1.29, 1.82) is 0 Å². The molecule has 0 saturated carbocycles. The van der Waals surface area contributed by atoms with Crippen LogP contribution in [0.3, 0.4) is 0 Å². The fourth-order valence-electron chi connectivity index (χ4n) is 2.02. The fourth-order valence-corrected chi connectivity index (χ4v) is 2.78. The maximum absolute atomic E-state index is 11.9. The van der Waals surface area contributed by atoms with Gasteiger partial charge in [0.05, 0.1) is 13.2 Å². The molecule has 0 aromatic heterocycles. The van der Waals surface area contributed by atoms with E-state index in [0.29, 0.717) is 12.8 Å². The zero-order chi connectivity index (χ0) is 20.5. The van der Waals surface area contributed by atoms with Gasteiger partial charge in [-0.1, -0.05) is 39.5 Å². The summed E-state index contributed by atoms with van der Waals surface area (Å²) in [6, 6.07) is 0. The van der Waals surface area contributed by atoms with E-state index in [4.69, 9.17) is 19.7 Å². The number of phosphoric acid groups is 1. The Labute approximate surface area is 161 Å². The largest absolute Gasteiger partial charge is 0.472 e. The number of unbranched alkanes of at least 4 members (excludes halogenated alkanes) is 4. The molecule has 0 rings (SSSR count). The van der Waals surface area contributed by atoms with Crippen LogP contribution in [0.1, 0.15) is 65.2 Å². The summed E-state index contributed by atoms with van der Waals surface area (Å²) in [5, 5.41) is 0. The highest BCUT2D eigenvalue weighted by atomic mass is 31.2. The van der Waals surface area contributed by atoms with Crippen molar-refractivity contribution in [2.24, 2.45) is 5.73 Å². The van der Waals surface area contributed by atoms with Crippen LogP contribution in [0.5, 0.6) is 0 Å². The van der Waals surface area contributed by atoms with E-state index in [2.05, 4.69) is 11.4 Å². The molecule has 0 aliphatic rings. The van der Waals surface area contributed by atoms with Crippen LogP contribution >= 0.6 is 7.82 Å². The van der Waals surface area contributed by atoms with Gasteiger partial charge in [-0.25, -0.2) is 4.57 Å². The van der Waals surface area contributed by atoms with Crippen molar-refractivity contribution in [1.82, 2.24) is 0 Å². The minimum Gasteiger partial charge on any atom is -0.462 e. The Kier molecular flexibility index (Phi) is 15.4. The molecule has 0 fully saturated rings. The van der Waals surface area contributed by atoms with Gasteiger partial charge in [0.25, 0.3) is 0 Å². The first-order chi connectivity index (χ1) is 12.8. The molecular weight excluding hydrogens is 377 g/mol. The number of phosphoric ester groups is 1. The van der Waals surface area contributed by atoms with E-state index in [1.54, 1.807) is 0 Å². The molecule has 1 unspecified atom stereocenters. The van der Waals surface area contributed by atoms with E-state index >= 15 is 0 Å². The summed E-state index contributed by atoms with van der Waals surface area (Å²) >= 11 is 0. The Balaban J connectivity index is 4.53. The van der Waals surface area contributed by atoms with Gasteiger partial charge < -0.3 is 20.1 Å². The number of esters is 2. The number of rotatable bonds is 17. The number of nitrogens with two attached hydrogens (primary N) is 1. The SMILES string of the molecule is CCCCCCC(=O)O[C@H](COC(=O)CCCC)COP(=O)(O)OCCN. The molecule has 9 nitrogen and oxygen atoms in total. The summed E-state index contributed by atoms with van der Waals surface area (Å²) < 4.78 is 31.4. The average molecular weight is 411 g/mol. The Hall–Kier alpha value is -0.990. The zero-order valence-corrected chi connectivity index (χ0v) is 17.3. The van der Waals surface area contributed by atoms with E-state index in [1.165, 1.54) is 0 Å². The first-order valence-corrected chi connectivity index (χ1v) is 11.0. The van der Waals surface area contributed by atoms with E-state index in [1.807, 2.05) is 6.92 Å². The third kappa shape index (κ3) is 15.7. The third-order valence-corrected chi connectivity index (χ3v) is 4.48. The van der Waals surface area contributed by atoms with E-state index in [-0.39, 0.29) is 32.6 Å². The van der Waals surface area contributed by atoms with Gasteiger partial charge in [-0.15, -0.1) is 0 Å². The van der Waals surface area contributed by atoms with Crippen molar-refractivity contribution in [2.75, 3.05) is 26.4 Å². The van der Waals surface area contributed by atoms with Crippen LogP contribution in [-0.2, 0) is 32.7 Å². The predicted octanol–water partition coefficient (Wildman–Crippen LogP) is 2.69. The lowest BCUT2D eigenvalue weighted by Gasteiger charge is -2.19. The first kappa shape index (κ1) is 26.0. The van der Waals surface area contributed by atoms with Crippen molar-refractivity contribution in [3.63, 3.8) is 0 Å². The summed E-state index contributed by atoms with van der Waals surface area (Å²) in [7, 11) is -4.31. The van der Waals surface area contributed by atoms with E-state index in [0.717, 1.165) is 25.7 Å². The Morgan fingerprint density at radius 1 is 0.963 bits per heavy atom. The molecule has 0 radical (unpaired) electrons. The van der Waals surface area contributed by atoms with Crippen molar-refractivity contribution < 1.29 is 37.6 Å². The van der Waals surface area contributed by atoms with Gasteiger partial charge in [0, 0.05) is 19.4 Å². The molecule has 27 heavy (non-hydrogen) atoms. The normalized spacial score (nSPS) is 14.4. The first-order valence-electron chi connectivity index (χ1n) is 9.51. The second-order valence-corrected chi connectivity index (χ2v) is 7.55. The monoisotopic (exact) mass is 411 g/mol. The zero-order valence-electron chi connectivity index (χ0n) is 16.4. The molecule has 10 heteroatoms. The van der Waals surface area contributed by atoms with Crippen LogP contribution in [0.4, 0.5) is 0 Å². The average Bonchev–Trinajstić information content (AvgIpc) is 2.64. The number of carbonyl (C=O) groups excluding carboxylic acids is 2. The van der Waals surface area contributed by atoms with Crippen LogP contribution in [-0.4, -0.2) is 49.3 Å². The topological polar surface area (TPSA) is 134 Å². The van der Waals surface area contributed by atoms with Crippen molar-refractivity contribution in [3.8, 4) is 0 Å². The summed E-state index contributed by atoms with van der Waals surface area (Å²) in [6.07, 6.45) is 4.71. The molecule has 0 bridgehead atoms. The number of carbonyl (C=O) groups is 2. The number of hydrogen-bond acceptors (Lipinski definition) is 8. The van der Waals surface area contributed by atoms with Gasteiger partial charge in [0.2, 0.25) is 0 Å². The van der Waals surface area contributed by atoms with Crippen molar-refractivity contribution in [2.45, 2.75) is 71.3 Å².